The van der Waals surface area contributed by atoms with Crippen LogP contribution in [-0.2, 0) is 0 Å². The van der Waals surface area contributed by atoms with Crippen LogP contribution in [0.25, 0.3) is 0 Å². The smallest absolute Gasteiger partial charge is 0.433 e. The van der Waals surface area contributed by atoms with Crippen LogP contribution in [0.5, 0.6) is 11.8 Å². The summed E-state index contributed by atoms with van der Waals surface area (Å²) in [5.41, 5.74) is 0. The van der Waals surface area contributed by atoms with Crippen LogP contribution in [-0.4, -0.2) is 52.0 Å². The Balaban J connectivity index is 1.61. The molecule has 1 aliphatic heterocycles. The van der Waals surface area contributed by atoms with Crippen LogP contribution in [0.4, 0.5) is 5.88 Å². The number of rotatable bonds is 5. The van der Waals surface area contributed by atoms with Crippen molar-refractivity contribution in [1.82, 2.24) is 14.9 Å². The molecule has 0 radical (unpaired) electrons. The van der Waals surface area contributed by atoms with Crippen molar-refractivity contribution in [3.8, 4) is 11.8 Å². The van der Waals surface area contributed by atoms with Crippen LogP contribution in [0.1, 0.15) is 17.0 Å². The van der Waals surface area contributed by atoms with Crippen molar-refractivity contribution in [3.63, 3.8) is 0 Å². The standard InChI is InChI=1S/C14H14N4O6/c1-22-11-6-15-7-12(16-11)23-9-4-5-17(8-9)14(19)10-2-3-13(24-10)18(20)21/h2-3,6-7,9H,4-5,8H2,1H3. The van der Waals surface area contributed by atoms with E-state index >= 15 is 0 Å². The Hall–Kier alpha value is -3.17. The summed E-state index contributed by atoms with van der Waals surface area (Å²) in [5.74, 6) is -0.296. The minimum absolute atomic E-state index is 0.0662. The molecule has 1 atom stereocenters. The second-order valence-electron chi connectivity index (χ2n) is 5.07. The SMILES string of the molecule is COc1cncc(OC2CCN(C(=O)c3ccc([N+](=O)[O-])o3)C2)n1. The van der Waals surface area contributed by atoms with Gasteiger partial charge in [-0.2, -0.15) is 4.98 Å². The second kappa shape index (κ2) is 6.52. The van der Waals surface area contributed by atoms with E-state index in [2.05, 4.69) is 9.97 Å². The van der Waals surface area contributed by atoms with Gasteiger partial charge >= 0.3 is 5.88 Å². The maximum Gasteiger partial charge on any atom is 0.433 e. The fourth-order valence-corrected chi connectivity index (χ4v) is 2.36. The van der Waals surface area contributed by atoms with Gasteiger partial charge in [-0.3, -0.25) is 19.9 Å². The molecule has 1 aliphatic rings. The normalized spacial score (nSPS) is 16.9. The van der Waals surface area contributed by atoms with Gasteiger partial charge in [0.1, 0.15) is 11.0 Å². The van der Waals surface area contributed by atoms with Gasteiger partial charge < -0.3 is 18.8 Å². The first-order valence-electron chi connectivity index (χ1n) is 7.13. The predicted molar refractivity (Wildman–Crippen MR) is 78.9 cm³/mol. The molecule has 3 rings (SSSR count). The molecule has 1 unspecified atom stereocenters. The van der Waals surface area contributed by atoms with Crippen molar-refractivity contribution >= 4 is 11.8 Å². The van der Waals surface area contributed by atoms with Crippen LogP contribution in [0.2, 0.25) is 0 Å². The first-order chi connectivity index (χ1) is 11.6. The molecule has 1 amide bonds. The number of carbonyl (C=O) groups is 1. The monoisotopic (exact) mass is 334 g/mol. The summed E-state index contributed by atoms with van der Waals surface area (Å²) in [4.78, 5) is 31.8. The van der Waals surface area contributed by atoms with Crippen molar-refractivity contribution in [2.45, 2.75) is 12.5 Å². The number of nitrogens with zero attached hydrogens (tertiary/aromatic N) is 4. The van der Waals surface area contributed by atoms with Crippen LogP contribution < -0.4 is 9.47 Å². The molecule has 126 valence electrons. The number of amides is 1. The highest BCUT2D eigenvalue weighted by Gasteiger charge is 2.31. The summed E-state index contributed by atoms with van der Waals surface area (Å²) in [7, 11) is 1.48. The molecule has 1 fully saturated rings. The van der Waals surface area contributed by atoms with E-state index < -0.39 is 16.7 Å². The van der Waals surface area contributed by atoms with Gasteiger partial charge in [-0.1, -0.05) is 0 Å². The minimum atomic E-state index is -0.686. The summed E-state index contributed by atoms with van der Waals surface area (Å²) in [5, 5.41) is 10.6. The Kier molecular flexibility index (Phi) is 4.27. The zero-order chi connectivity index (χ0) is 17.1. The van der Waals surface area contributed by atoms with E-state index in [-0.39, 0.29) is 11.9 Å². The minimum Gasteiger partial charge on any atom is -0.480 e. The lowest BCUT2D eigenvalue weighted by Gasteiger charge is -2.15. The van der Waals surface area contributed by atoms with E-state index in [0.29, 0.717) is 31.3 Å². The van der Waals surface area contributed by atoms with Gasteiger partial charge in [-0.15, -0.1) is 0 Å². The highest BCUT2D eigenvalue weighted by molar-refractivity contribution is 5.92. The topological polar surface area (TPSA) is 121 Å². The average molecular weight is 334 g/mol. The fourth-order valence-electron chi connectivity index (χ4n) is 2.36. The van der Waals surface area contributed by atoms with Crippen molar-refractivity contribution in [2.75, 3.05) is 20.2 Å². The second-order valence-corrected chi connectivity index (χ2v) is 5.07. The third-order valence-corrected chi connectivity index (χ3v) is 3.50. The lowest BCUT2D eigenvalue weighted by molar-refractivity contribution is -0.402. The Labute approximate surface area is 136 Å². The molecular weight excluding hydrogens is 320 g/mol. The van der Waals surface area contributed by atoms with Crippen LogP contribution in [0.15, 0.2) is 28.9 Å². The molecule has 24 heavy (non-hydrogen) atoms. The van der Waals surface area contributed by atoms with Gasteiger partial charge in [0.2, 0.25) is 11.8 Å². The van der Waals surface area contributed by atoms with Crippen LogP contribution >= 0.6 is 0 Å². The molecule has 10 heteroatoms. The molecule has 0 aromatic carbocycles. The van der Waals surface area contributed by atoms with Gasteiger partial charge in [0.15, 0.2) is 5.76 Å². The summed E-state index contributed by atoms with van der Waals surface area (Å²) < 4.78 is 15.6. The van der Waals surface area contributed by atoms with Gasteiger partial charge in [0, 0.05) is 13.0 Å². The maximum atomic E-state index is 12.3. The molecule has 0 aliphatic carbocycles. The summed E-state index contributed by atoms with van der Waals surface area (Å²) >= 11 is 0. The quantitative estimate of drug-likeness (QED) is 0.592. The first kappa shape index (κ1) is 15.7. The Morgan fingerprint density at radius 3 is 2.92 bits per heavy atom. The lowest BCUT2D eigenvalue weighted by Crippen LogP contribution is -2.30. The maximum absolute atomic E-state index is 12.3. The summed E-state index contributed by atoms with van der Waals surface area (Å²) in [6.07, 6.45) is 3.28. The number of ether oxygens (including phenoxy) is 2. The van der Waals surface area contributed by atoms with E-state index in [4.69, 9.17) is 13.9 Å². The molecule has 2 aromatic heterocycles. The van der Waals surface area contributed by atoms with Crippen molar-refractivity contribution in [3.05, 3.63) is 40.4 Å². The van der Waals surface area contributed by atoms with Gasteiger partial charge in [0.25, 0.3) is 5.91 Å². The molecule has 0 saturated carbocycles. The van der Waals surface area contributed by atoms with Crippen LogP contribution in [0, 0.1) is 10.1 Å². The largest absolute Gasteiger partial charge is 0.480 e. The Morgan fingerprint density at radius 1 is 1.42 bits per heavy atom. The van der Waals surface area contributed by atoms with E-state index in [1.165, 1.54) is 30.5 Å². The van der Waals surface area contributed by atoms with Crippen molar-refractivity contribution < 1.29 is 23.6 Å². The Bertz CT molecular complexity index is 761. The number of hydrogen-bond acceptors (Lipinski definition) is 8. The zero-order valence-electron chi connectivity index (χ0n) is 12.7. The Morgan fingerprint density at radius 2 is 2.21 bits per heavy atom. The highest BCUT2D eigenvalue weighted by Crippen LogP contribution is 2.22. The third kappa shape index (κ3) is 3.26. The van der Waals surface area contributed by atoms with Crippen LogP contribution in [0.3, 0.4) is 0 Å². The number of methoxy groups -OCH3 is 1. The summed E-state index contributed by atoms with van der Waals surface area (Å²) in [6.45, 7) is 0.779. The third-order valence-electron chi connectivity index (χ3n) is 3.50. The number of nitro groups is 1. The molecule has 1 saturated heterocycles. The average Bonchev–Trinajstić information content (AvgIpc) is 3.24. The summed E-state index contributed by atoms with van der Waals surface area (Å²) in [6, 6.07) is 2.45. The number of hydrogen-bond donors (Lipinski definition) is 0. The molecular formula is C14H14N4O6. The molecule has 0 spiro atoms. The molecule has 0 bridgehead atoms. The molecule has 3 heterocycles. The van der Waals surface area contributed by atoms with Gasteiger partial charge in [-0.05, 0) is 6.07 Å². The van der Waals surface area contributed by atoms with E-state index in [1.807, 2.05) is 0 Å². The zero-order valence-corrected chi connectivity index (χ0v) is 12.7. The molecule has 2 aromatic rings. The number of aromatic nitrogens is 2. The van der Waals surface area contributed by atoms with E-state index in [9.17, 15) is 14.9 Å². The van der Waals surface area contributed by atoms with Gasteiger partial charge in [0.05, 0.1) is 32.1 Å². The van der Waals surface area contributed by atoms with E-state index in [0.717, 1.165) is 6.07 Å². The first-order valence-corrected chi connectivity index (χ1v) is 7.13. The van der Waals surface area contributed by atoms with Crippen molar-refractivity contribution in [1.29, 1.82) is 0 Å². The predicted octanol–water partition coefficient (Wildman–Crippen LogP) is 1.28. The molecule has 10 nitrogen and oxygen atoms in total. The van der Waals surface area contributed by atoms with Crippen molar-refractivity contribution in [2.24, 2.45) is 0 Å². The number of carbonyl (C=O) groups excluding carboxylic acids is 1. The lowest BCUT2D eigenvalue weighted by atomic mass is 10.3. The number of furan rings is 1. The molecule has 0 N–H and O–H groups in total. The number of likely N-dealkylation sites (tertiary alicyclic amines) is 1. The van der Waals surface area contributed by atoms with E-state index in [1.54, 1.807) is 0 Å². The fraction of sp³-hybridized carbons (Fsp3) is 0.357. The highest BCUT2D eigenvalue weighted by atomic mass is 16.6. The van der Waals surface area contributed by atoms with Gasteiger partial charge in [-0.25, -0.2) is 0 Å².